The SMILES string of the molecule is Cc1ccc(CN2C(=O)N/C(=C/c3ccccc3OCc3ccc(Br)cc3)C2=O)cc1. The van der Waals surface area contributed by atoms with Gasteiger partial charge in [-0.15, -0.1) is 0 Å². The quantitative estimate of drug-likeness (QED) is 0.381. The van der Waals surface area contributed by atoms with E-state index < -0.39 is 6.03 Å². The third-order valence-electron chi connectivity index (χ3n) is 4.95. The van der Waals surface area contributed by atoms with Crippen LogP contribution in [0.4, 0.5) is 4.79 Å². The molecule has 0 aliphatic carbocycles. The number of para-hydroxylation sites is 1. The maximum Gasteiger partial charge on any atom is 0.329 e. The normalized spacial score (nSPS) is 14.8. The molecule has 5 nitrogen and oxygen atoms in total. The molecule has 0 unspecified atom stereocenters. The minimum Gasteiger partial charge on any atom is -0.488 e. The average Bonchev–Trinajstić information content (AvgIpc) is 3.03. The summed E-state index contributed by atoms with van der Waals surface area (Å²) in [4.78, 5) is 26.5. The Hall–Kier alpha value is -3.38. The number of rotatable bonds is 6. The van der Waals surface area contributed by atoms with E-state index in [0.717, 1.165) is 26.7 Å². The molecule has 156 valence electrons. The lowest BCUT2D eigenvalue weighted by molar-refractivity contribution is -0.123. The monoisotopic (exact) mass is 476 g/mol. The van der Waals surface area contributed by atoms with Gasteiger partial charge in [-0.05, 0) is 42.3 Å². The van der Waals surface area contributed by atoms with Crippen LogP contribution in [-0.2, 0) is 17.9 Å². The molecule has 3 aromatic carbocycles. The highest BCUT2D eigenvalue weighted by Gasteiger charge is 2.33. The number of aryl methyl sites for hydroxylation is 1. The van der Waals surface area contributed by atoms with Crippen molar-refractivity contribution in [2.75, 3.05) is 0 Å². The molecule has 0 radical (unpaired) electrons. The Kier molecular flexibility index (Phi) is 6.18. The van der Waals surface area contributed by atoms with Gasteiger partial charge in [0.15, 0.2) is 0 Å². The van der Waals surface area contributed by atoms with Gasteiger partial charge >= 0.3 is 6.03 Å². The van der Waals surface area contributed by atoms with Crippen molar-refractivity contribution in [2.24, 2.45) is 0 Å². The van der Waals surface area contributed by atoms with Gasteiger partial charge in [-0.25, -0.2) is 4.79 Å². The Morgan fingerprint density at radius 1 is 0.935 bits per heavy atom. The zero-order chi connectivity index (χ0) is 21.8. The Balaban J connectivity index is 1.50. The van der Waals surface area contributed by atoms with Gasteiger partial charge in [-0.3, -0.25) is 9.69 Å². The van der Waals surface area contributed by atoms with Crippen LogP contribution in [-0.4, -0.2) is 16.8 Å². The number of amides is 3. The van der Waals surface area contributed by atoms with Gasteiger partial charge in [0.25, 0.3) is 5.91 Å². The minimum atomic E-state index is -0.426. The van der Waals surface area contributed by atoms with Gasteiger partial charge in [0.05, 0.1) is 6.54 Å². The number of halogens is 1. The highest BCUT2D eigenvalue weighted by atomic mass is 79.9. The topological polar surface area (TPSA) is 58.6 Å². The molecule has 1 N–H and O–H groups in total. The molecule has 6 heteroatoms. The van der Waals surface area contributed by atoms with Crippen LogP contribution >= 0.6 is 15.9 Å². The van der Waals surface area contributed by atoms with E-state index in [-0.39, 0.29) is 18.1 Å². The largest absolute Gasteiger partial charge is 0.488 e. The van der Waals surface area contributed by atoms with Crippen molar-refractivity contribution in [3.05, 3.63) is 105 Å². The summed E-state index contributed by atoms with van der Waals surface area (Å²) in [6, 6.07) is 22.7. The van der Waals surface area contributed by atoms with Crippen LogP contribution in [0.2, 0.25) is 0 Å². The highest BCUT2D eigenvalue weighted by Crippen LogP contribution is 2.24. The third kappa shape index (κ3) is 5.03. The fourth-order valence-corrected chi connectivity index (χ4v) is 3.48. The summed E-state index contributed by atoms with van der Waals surface area (Å²) in [5, 5.41) is 2.68. The fourth-order valence-electron chi connectivity index (χ4n) is 3.22. The van der Waals surface area contributed by atoms with Gasteiger partial charge < -0.3 is 10.1 Å². The van der Waals surface area contributed by atoms with E-state index in [1.54, 1.807) is 6.08 Å². The number of hydrogen-bond donors (Lipinski definition) is 1. The van der Waals surface area contributed by atoms with Crippen molar-refractivity contribution in [1.29, 1.82) is 0 Å². The number of benzene rings is 3. The molecule has 0 bridgehead atoms. The molecular weight excluding hydrogens is 456 g/mol. The lowest BCUT2D eigenvalue weighted by atomic mass is 10.1. The van der Waals surface area contributed by atoms with Crippen LogP contribution in [0.5, 0.6) is 5.75 Å². The molecule has 1 aliphatic heterocycles. The molecule has 4 rings (SSSR count). The zero-order valence-electron chi connectivity index (χ0n) is 17.0. The molecule has 1 fully saturated rings. The van der Waals surface area contributed by atoms with Crippen LogP contribution in [0, 0.1) is 6.92 Å². The average molecular weight is 477 g/mol. The van der Waals surface area contributed by atoms with Gasteiger partial charge in [0.1, 0.15) is 18.1 Å². The summed E-state index contributed by atoms with van der Waals surface area (Å²) < 4.78 is 6.98. The fraction of sp³-hybridized carbons (Fsp3) is 0.120. The van der Waals surface area contributed by atoms with Crippen LogP contribution in [0.25, 0.3) is 6.08 Å². The van der Waals surface area contributed by atoms with E-state index in [2.05, 4.69) is 21.2 Å². The van der Waals surface area contributed by atoms with Crippen molar-refractivity contribution < 1.29 is 14.3 Å². The number of ether oxygens (including phenoxy) is 1. The van der Waals surface area contributed by atoms with Crippen molar-refractivity contribution in [1.82, 2.24) is 10.2 Å². The minimum absolute atomic E-state index is 0.226. The molecule has 0 atom stereocenters. The van der Waals surface area contributed by atoms with E-state index in [0.29, 0.717) is 12.4 Å². The highest BCUT2D eigenvalue weighted by molar-refractivity contribution is 9.10. The van der Waals surface area contributed by atoms with E-state index in [9.17, 15) is 9.59 Å². The first-order valence-electron chi connectivity index (χ1n) is 9.86. The maximum atomic E-state index is 12.8. The first-order valence-corrected chi connectivity index (χ1v) is 10.7. The maximum absolute atomic E-state index is 12.8. The van der Waals surface area contributed by atoms with Crippen LogP contribution in [0.15, 0.2) is 83.0 Å². The number of carbonyl (C=O) groups is 2. The summed E-state index contributed by atoms with van der Waals surface area (Å²) in [6.07, 6.45) is 1.66. The molecule has 0 saturated carbocycles. The smallest absolute Gasteiger partial charge is 0.329 e. The second kappa shape index (κ2) is 9.18. The van der Waals surface area contributed by atoms with Crippen molar-refractivity contribution in [3.8, 4) is 5.75 Å². The van der Waals surface area contributed by atoms with Gasteiger partial charge in [0.2, 0.25) is 0 Å². The zero-order valence-corrected chi connectivity index (χ0v) is 18.6. The van der Waals surface area contributed by atoms with Crippen LogP contribution in [0.3, 0.4) is 0 Å². The lowest BCUT2D eigenvalue weighted by Gasteiger charge is -2.12. The molecular formula is C25H21BrN2O3. The number of urea groups is 1. The van der Waals surface area contributed by atoms with E-state index in [1.165, 1.54) is 4.90 Å². The Morgan fingerprint density at radius 3 is 2.35 bits per heavy atom. The molecule has 1 aliphatic rings. The number of carbonyl (C=O) groups excluding carboxylic acids is 2. The first kappa shape index (κ1) is 20.9. The van der Waals surface area contributed by atoms with Crippen molar-refractivity contribution in [2.45, 2.75) is 20.1 Å². The van der Waals surface area contributed by atoms with Crippen molar-refractivity contribution in [3.63, 3.8) is 0 Å². The van der Waals surface area contributed by atoms with Gasteiger partial charge in [-0.2, -0.15) is 0 Å². The Bertz CT molecular complexity index is 1140. The summed E-state index contributed by atoms with van der Waals surface area (Å²) in [7, 11) is 0. The van der Waals surface area contributed by atoms with Crippen LogP contribution in [0.1, 0.15) is 22.3 Å². The molecule has 3 amide bonds. The summed E-state index contributed by atoms with van der Waals surface area (Å²) in [5.74, 6) is 0.283. The summed E-state index contributed by atoms with van der Waals surface area (Å²) >= 11 is 3.42. The standard InChI is InChI=1S/C25H21BrN2O3/c1-17-6-8-18(9-7-17)15-28-24(29)22(27-25(28)30)14-20-4-2-3-5-23(20)31-16-19-10-12-21(26)13-11-19/h2-14H,15-16H2,1H3,(H,27,30)/b22-14+. The number of nitrogens with zero attached hydrogens (tertiary/aromatic N) is 1. The number of nitrogens with one attached hydrogen (secondary N) is 1. The summed E-state index contributed by atoms with van der Waals surface area (Å²) in [6.45, 7) is 2.62. The van der Waals surface area contributed by atoms with E-state index in [4.69, 9.17) is 4.74 Å². The van der Waals surface area contributed by atoms with Crippen LogP contribution < -0.4 is 10.1 Å². The Labute approximate surface area is 189 Å². The molecule has 31 heavy (non-hydrogen) atoms. The first-order chi connectivity index (χ1) is 15.0. The number of imide groups is 1. The van der Waals surface area contributed by atoms with Crippen molar-refractivity contribution >= 4 is 33.9 Å². The molecule has 0 aromatic heterocycles. The Morgan fingerprint density at radius 2 is 1.61 bits per heavy atom. The molecule has 0 spiro atoms. The summed E-state index contributed by atoms with van der Waals surface area (Å²) in [5.41, 5.74) is 4.01. The predicted octanol–water partition coefficient (Wildman–Crippen LogP) is 5.43. The second-order valence-electron chi connectivity index (χ2n) is 7.32. The van der Waals surface area contributed by atoms with Gasteiger partial charge in [0, 0.05) is 10.0 Å². The van der Waals surface area contributed by atoms with Gasteiger partial charge in [-0.1, -0.05) is 76.1 Å². The lowest BCUT2D eigenvalue weighted by Crippen LogP contribution is -2.30. The second-order valence-corrected chi connectivity index (χ2v) is 8.23. The molecule has 1 heterocycles. The van der Waals surface area contributed by atoms with E-state index in [1.807, 2.05) is 79.7 Å². The number of hydrogen-bond acceptors (Lipinski definition) is 3. The molecule has 3 aromatic rings. The third-order valence-corrected chi connectivity index (χ3v) is 5.48. The van der Waals surface area contributed by atoms with E-state index >= 15 is 0 Å². The molecule has 1 saturated heterocycles. The predicted molar refractivity (Wildman–Crippen MR) is 123 cm³/mol.